The first-order valence-corrected chi connectivity index (χ1v) is 10.9. The maximum Gasteiger partial charge on any atom is 0.333 e. The van der Waals surface area contributed by atoms with Crippen molar-refractivity contribution < 1.29 is 24.1 Å². The summed E-state index contributed by atoms with van der Waals surface area (Å²) in [6.07, 6.45) is 2.48. The van der Waals surface area contributed by atoms with Gasteiger partial charge in [-0.2, -0.15) is 0 Å². The summed E-state index contributed by atoms with van der Waals surface area (Å²) in [4.78, 5) is 11.1. The number of carboxylic acid groups (broad SMARTS) is 1. The van der Waals surface area contributed by atoms with E-state index in [1.807, 2.05) is 54.6 Å². The van der Waals surface area contributed by atoms with Crippen LogP contribution in [0.3, 0.4) is 0 Å². The summed E-state index contributed by atoms with van der Waals surface area (Å²) in [7, 11) is 1.41. The lowest BCUT2D eigenvalue weighted by atomic mass is 10.1. The van der Waals surface area contributed by atoms with E-state index in [0.717, 1.165) is 36.3 Å². The lowest BCUT2D eigenvalue weighted by Gasteiger charge is -2.16. The molecule has 1 aliphatic carbocycles. The summed E-state index contributed by atoms with van der Waals surface area (Å²) in [6, 6.07) is 26.1. The van der Waals surface area contributed by atoms with Crippen molar-refractivity contribution in [2.24, 2.45) is 0 Å². The molecule has 3 aromatic rings. The molecule has 0 saturated heterocycles. The third kappa shape index (κ3) is 5.68. The van der Waals surface area contributed by atoms with E-state index in [-0.39, 0.29) is 12.2 Å². The summed E-state index contributed by atoms with van der Waals surface area (Å²) < 4.78 is 17.3. The number of carboxylic acids is 1. The van der Waals surface area contributed by atoms with Gasteiger partial charge >= 0.3 is 5.97 Å². The zero-order chi connectivity index (χ0) is 22.3. The highest BCUT2D eigenvalue weighted by molar-refractivity contribution is 5.72. The Morgan fingerprint density at radius 3 is 1.91 bits per heavy atom. The number of carbonyl (C=O) groups is 1. The van der Waals surface area contributed by atoms with E-state index in [4.69, 9.17) is 19.3 Å². The van der Waals surface area contributed by atoms with Crippen LogP contribution in [0.5, 0.6) is 11.5 Å². The lowest BCUT2D eigenvalue weighted by Crippen LogP contribution is -2.24. The number of ether oxygens (including phenoxy) is 3. The molecule has 1 saturated carbocycles. The van der Waals surface area contributed by atoms with Crippen LogP contribution in [0.15, 0.2) is 78.9 Å². The Morgan fingerprint density at radius 2 is 1.38 bits per heavy atom. The van der Waals surface area contributed by atoms with Crippen LogP contribution < -0.4 is 9.47 Å². The fraction of sp³-hybridized carbons (Fsp3) is 0.296. The minimum atomic E-state index is -0.959. The van der Waals surface area contributed by atoms with Crippen molar-refractivity contribution in [1.29, 1.82) is 0 Å². The van der Waals surface area contributed by atoms with Crippen LogP contribution >= 0.6 is 0 Å². The van der Waals surface area contributed by atoms with Gasteiger partial charge in [0.1, 0.15) is 23.7 Å². The predicted octanol–water partition coefficient (Wildman–Crippen LogP) is 5.37. The minimum Gasteiger partial charge on any atom is -0.490 e. The molecule has 5 heteroatoms. The molecule has 166 valence electrons. The predicted molar refractivity (Wildman–Crippen MR) is 123 cm³/mol. The van der Waals surface area contributed by atoms with E-state index in [9.17, 15) is 4.79 Å². The van der Waals surface area contributed by atoms with Crippen molar-refractivity contribution in [2.75, 3.05) is 7.11 Å². The van der Waals surface area contributed by atoms with Gasteiger partial charge in [0.15, 0.2) is 6.10 Å². The first kappa shape index (κ1) is 21.9. The third-order valence-corrected chi connectivity index (χ3v) is 5.81. The van der Waals surface area contributed by atoms with Crippen LogP contribution in [0.4, 0.5) is 0 Å². The fourth-order valence-electron chi connectivity index (χ4n) is 4.05. The average molecular weight is 433 g/mol. The van der Waals surface area contributed by atoms with Crippen molar-refractivity contribution in [1.82, 2.24) is 0 Å². The van der Waals surface area contributed by atoms with Gasteiger partial charge in [0.05, 0.1) is 0 Å². The van der Waals surface area contributed by atoms with Crippen LogP contribution in [0.25, 0.3) is 11.1 Å². The number of hydrogen-bond donors (Lipinski definition) is 1. The Balaban J connectivity index is 1.27. The first-order chi connectivity index (χ1) is 15.6. The van der Waals surface area contributed by atoms with Gasteiger partial charge in [-0.1, -0.05) is 54.6 Å². The molecule has 1 fully saturated rings. The molecule has 0 radical (unpaired) electrons. The van der Waals surface area contributed by atoms with E-state index in [1.165, 1.54) is 18.2 Å². The topological polar surface area (TPSA) is 65.0 Å². The van der Waals surface area contributed by atoms with Crippen molar-refractivity contribution in [3.05, 3.63) is 84.4 Å². The number of aliphatic carboxylic acids is 1. The van der Waals surface area contributed by atoms with Gasteiger partial charge in [-0.25, -0.2) is 4.79 Å². The summed E-state index contributed by atoms with van der Waals surface area (Å²) in [6.45, 7) is 0. The molecule has 0 aromatic heterocycles. The Kier molecular flexibility index (Phi) is 7.07. The third-order valence-electron chi connectivity index (χ3n) is 5.81. The fourth-order valence-corrected chi connectivity index (χ4v) is 4.05. The molecule has 0 aliphatic heterocycles. The maximum atomic E-state index is 11.1. The molecule has 4 rings (SSSR count). The molecule has 3 atom stereocenters. The van der Waals surface area contributed by atoms with Crippen LogP contribution in [-0.2, 0) is 16.0 Å². The average Bonchev–Trinajstić information content (AvgIpc) is 3.26. The summed E-state index contributed by atoms with van der Waals surface area (Å²) in [5.74, 6) is 0.709. The zero-order valence-corrected chi connectivity index (χ0v) is 18.1. The van der Waals surface area contributed by atoms with E-state index >= 15 is 0 Å². The second-order valence-electron chi connectivity index (χ2n) is 8.09. The Bertz CT molecular complexity index is 998. The highest BCUT2D eigenvalue weighted by Crippen LogP contribution is 2.29. The van der Waals surface area contributed by atoms with Gasteiger partial charge in [-0.05, 0) is 53.8 Å². The Morgan fingerprint density at radius 1 is 0.844 bits per heavy atom. The number of hydrogen-bond acceptors (Lipinski definition) is 4. The van der Waals surface area contributed by atoms with Gasteiger partial charge in [0.25, 0.3) is 0 Å². The van der Waals surface area contributed by atoms with Crippen LogP contribution in [0.1, 0.15) is 24.8 Å². The van der Waals surface area contributed by atoms with Gasteiger partial charge < -0.3 is 19.3 Å². The van der Waals surface area contributed by atoms with Gasteiger partial charge in [-0.15, -0.1) is 0 Å². The molecule has 5 nitrogen and oxygen atoms in total. The second-order valence-corrected chi connectivity index (χ2v) is 8.09. The highest BCUT2D eigenvalue weighted by atomic mass is 16.5. The monoisotopic (exact) mass is 432 g/mol. The highest BCUT2D eigenvalue weighted by Gasteiger charge is 2.27. The number of methoxy groups -OCH3 is 1. The van der Waals surface area contributed by atoms with Crippen LogP contribution in [-0.4, -0.2) is 36.5 Å². The molecule has 1 aliphatic rings. The van der Waals surface area contributed by atoms with E-state index in [2.05, 4.69) is 24.3 Å². The summed E-state index contributed by atoms with van der Waals surface area (Å²) in [5.41, 5.74) is 3.27. The largest absolute Gasteiger partial charge is 0.490 e. The zero-order valence-electron chi connectivity index (χ0n) is 18.1. The molecular formula is C27H28O5. The normalized spacial score (nSPS) is 18.8. The molecule has 0 amide bonds. The Hall–Kier alpha value is -3.31. The Labute approximate surface area is 188 Å². The second kappa shape index (κ2) is 10.3. The molecular weight excluding hydrogens is 404 g/mol. The van der Waals surface area contributed by atoms with E-state index < -0.39 is 12.1 Å². The minimum absolute atomic E-state index is 0.111. The maximum absolute atomic E-state index is 11.1. The van der Waals surface area contributed by atoms with E-state index in [1.54, 1.807) is 0 Å². The molecule has 32 heavy (non-hydrogen) atoms. The van der Waals surface area contributed by atoms with Gasteiger partial charge in [0.2, 0.25) is 0 Å². The smallest absolute Gasteiger partial charge is 0.333 e. The van der Waals surface area contributed by atoms with Gasteiger partial charge in [-0.3, -0.25) is 0 Å². The first-order valence-electron chi connectivity index (χ1n) is 10.9. The van der Waals surface area contributed by atoms with Crippen molar-refractivity contribution in [3.63, 3.8) is 0 Å². The van der Waals surface area contributed by atoms with Gasteiger partial charge in [0, 0.05) is 20.0 Å². The van der Waals surface area contributed by atoms with Crippen molar-refractivity contribution >= 4 is 5.97 Å². The summed E-state index contributed by atoms with van der Waals surface area (Å²) in [5, 5.41) is 9.11. The summed E-state index contributed by atoms with van der Waals surface area (Å²) >= 11 is 0. The molecule has 1 N–H and O–H groups in total. The van der Waals surface area contributed by atoms with Crippen LogP contribution in [0, 0.1) is 0 Å². The van der Waals surface area contributed by atoms with Crippen molar-refractivity contribution in [2.45, 2.75) is 44.0 Å². The van der Waals surface area contributed by atoms with Crippen molar-refractivity contribution in [3.8, 4) is 22.6 Å². The molecule has 0 spiro atoms. The standard InChI is InChI=1S/C27H28O5/c1-30-26(27(28)29)17-19-7-11-22(12-8-19)31-24-15-16-25(18-24)32-23-13-9-21(10-14-23)20-5-3-2-4-6-20/h2-14,24-26H,15-18H2,1H3,(H,28,29)/t24-,25-,26-/m0/s1. The molecule has 0 heterocycles. The SMILES string of the molecule is CO[C@@H](Cc1ccc(O[C@H]2CC[C@H](Oc3ccc(-c4ccccc4)cc3)C2)cc1)C(=O)O. The quantitative estimate of drug-likeness (QED) is 0.492. The number of rotatable bonds is 9. The molecule has 0 bridgehead atoms. The molecule has 0 unspecified atom stereocenters. The van der Waals surface area contributed by atoms with E-state index in [0.29, 0.717) is 6.42 Å². The van der Waals surface area contributed by atoms with Crippen LogP contribution in [0.2, 0.25) is 0 Å². The molecule has 3 aromatic carbocycles. The number of benzene rings is 3. The lowest BCUT2D eigenvalue weighted by molar-refractivity contribution is -0.148.